The lowest BCUT2D eigenvalue weighted by molar-refractivity contribution is -0.132. The highest BCUT2D eigenvalue weighted by Gasteiger charge is 2.27. The number of hydrogen-bond acceptors (Lipinski definition) is 6. The predicted octanol–water partition coefficient (Wildman–Crippen LogP) is 2.21. The Morgan fingerprint density at radius 3 is 2.34 bits per heavy atom. The number of nitrogens with one attached hydrogen (secondary N) is 1. The average Bonchev–Trinajstić information content (AvgIpc) is 2.78. The first-order chi connectivity index (χ1) is 15.1. The highest BCUT2D eigenvalue weighted by Crippen LogP contribution is 2.27. The number of halogens is 1. The minimum absolute atomic E-state index is 0.0453. The van der Waals surface area contributed by atoms with Gasteiger partial charge in [-0.3, -0.25) is 10.1 Å². The molecule has 0 spiro atoms. The summed E-state index contributed by atoms with van der Waals surface area (Å²) >= 11 is 5.92. The topological polar surface area (TPSA) is 95.7 Å². The highest BCUT2D eigenvalue weighted by atomic mass is 35.5. The molecule has 1 saturated heterocycles. The first-order valence-electron chi connectivity index (χ1n) is 10.7. The molecule has 2 atom stereocenters. The van der Waals surface area contributed by atoms with Gasteiger partial charge in [-0.1, -0.05) is 41.9 Å². The minimum Gasteiger partial charge on any atom is -0.368 e. The summed E-state index contributed by atoms with van der Waals surface area (Å²) < 4.78 is 23.0. The maximum atomic E-state index is 12.9. The quantitative estimate of drug-likeness (QED) is 0.604. The third-order valence-electron chi connectivity index (χ3n) is 5.67. The van der Waals surface area contributed by atoms with Crippen LogP contribution in [0.5, 0.6) is 0 Å². The van der Waals surface area contributed by atoms with Crippen LogP contribution < -0.4 is 16.0 Å². The number of hydrogen-bond donors (Lipinski definition) is 2. The van der Waals surface area contributed by atoms with Crippen LogP contribution in [0.25, 0.3) is 0 Å². The van der Waals surface area contributed by atoms with Gasteiger partial charge in [-0.2, -0.15) is 0 Å². The van der Waals surface area contributed by atoms with E-state index in [1.807, 2.05) is 48.2 Å². The molecule has 9 heteroatoms. The van der Waals surface area contributed by atoms with Gasteiger partial charge < -0.3 is 15.5 Å². The molecule has 0 radical (unpaired) electrons. The van der Waals surface area contributed by atoms with E-state index in [-0.39, 0.29) is 17.8 Å². The Hall–Kier alpha value is -2.13. The summed E-state index contributed by atoms with van der Waals surface area (Å²) in [5.74, 6) is -0.118. The summed E-state index contributed by atoms with van der Waals surface area (Å²) in [6.07, 6.45) is 1.69. The molecule has 1 heterocycles. The third kappa shape index (κ3) is 6.68. The number of sulfone groups is 1. The van der Waals surface area contributed by atoms with Crippen molar-refractivity contribution in [3.05, 3.63) is 64.7 Å². The zero-order valence-electron chi connectivity index (χ0n) is 18.5. The fraction of sp³-hybridized carbons (Fsp3) is 0.435. The molecule has 1 aliphatic heterocycles. The van der Waals surface area contributed by atoms with Gasteiger partial charge in [0, 0.05) is 49.2 Å². The van der Waals surface area contributed by atoms with Crippen LogP contribution in [0.2, 0.25) is 5.02 Å². The van der Waals surface area contributed by atoms with Crippen LogP contribution in [0, 0.1) is 0 Å². The summed E-state index contributed by atoms with van der Waals surface area (Å²) in [5.41, 5.74) is 9.28. The van der Waals surface area contributed by atoms with E-state index in [1.165, 1.54) is 6.26 Å². The molecular weight excluding hydrogens is 448 g/mol. The number of anilines is 1. The standard InChI is InChI=1S/C23H31ClN4O3S/c1-17(26-16-32(2,30)31)20-5-3-4-6-22(20)27-11-13-28(14-12-27)23(29)21(25)15-18-7-9-19(24)10-8-18/h3-10,17,21,26H,11-16,25H2,1-2H3. The summed E-state index contributed by atoms with van der Waals surface area (Å²) in [4.78, 5) is 16.9. The average molecular weight is 479 g/mol. The molecule has 174 valence electrons. The van der Waals surface area contributed by atoms with Gasteiger partial charge in [0.25, 0.3) is 0 Å². The predicted molar refractivity (Wildman–Crippen MR) is 130 cm³/mol. The van der Waals surface area contributed by atoms with Crippen LogP contribution in [-0.4, -0.2) is 63.6 Å². The molecule has 1 fully saturated rings. The molecule has 2 unspecified atom stereocenters. The van der Waals surface area contributed by atoms with E-state index in [0.717, 1.165) is 16.8 Å². The van der Waals surface area contributed by atoms with Gasteiger partial charge in [-0.25, -0.2) is 8.42 Å². The maximum Gasteiger partial charge on any atom is 0.239 e. The second-order valence-corrected chi connectivity index (χ2v) is 10.9. The molecule has 7 nitrogen and oxygen atoms in total. The van der Waals surface area contributed by atoms with Crippen LogP contribution in [0.4, 0.5) is 5.69 Å². The Labute approximate surface area is 195 Å². The van der Waals surface area contributed by atoms with E-state index in [1.54, 1.807) is 12.1 Å². The molecule has 0 aromatic heterocycles. The summed E-state index contributed by atoms with van der Waals surface area (Å²) in [6.45, 7) is 4.52. The fourth-order valence-electron chi connectivity index (χ4n) is 3.89. The second kappa shape index (κ2) is 10.7. The fourth-order valence-corrected chi connectivity index (χ4v) is 4.57. The lowest BCUT2D eigenvalue weighted by Crippen LogP contribution is -2.54. The molecule has 0 saturated carbocycles. The maximum absolute atomic E-state index is 12.9. The van der Waals surface area contributed by atoms with Crippen LogP contribution in [0.15, 0.2) is 48.5 Å². The molecule has 1 aliphatic rings. The van der Waals surface area contributed by atoms with Crippen molar-refractivity contribution in [2.75, 3.05) is 43.2 Å². The number of nitrogens with two attached hydrogens (primary N) is 1. The summed E-state index contributed by atoms with van der Waals surface area (Å²) in [5, 5.41) is 3.74. The molecule has 0 aliphatic carbocycles. The van der Waals surface area contributed by atoms with E-state index in [4.69, 9.17) is 17.3 Å². The van der Waals surface area contributed by atoms with Gasteiger partial charge >= 0.3 is 0 Å². The number of nitrogens with zero attached hydrogens (tertiary/aromatic N) is 2. The normalized spacial score (nSPS) is 16.6. The van der Waals surface area contributed by atoms with Crippen molar-refractivity contribution in [1.82, 2.24) is 10.2 Å². The molecule has 32 heavy (non-hydrogen) atoms. The Morgan fingerprint density at radius 1 is 1.09 bits per heavy atom. The highest BCUT2D eigenvalue weighted by molar-refractivity contribution is 7.90. The minimum atomic E-state index is -3.10. The first kappa shape index (κ1) is 24.5. The molecular formula is C23H31ClN4O3S. The van der Waals surface area contributed by atoms with Crippen LogP contribution >= 0.6 is 11.6 Å². The first-order valence-corrected chi connectivity index (χ1v) is 13.1. The van der Waals surface area contributed by atoms with Crippen molar-refractivity contribution in [2.24, 2.45) is 5.73 Å². The number of piperazine rings is 1. The van der Waals surface area contributed by atoms with E-state index >= 15 is 0 Å². The van der Waals surface area contributed by atoms with E-state index in [9.17, 15) is 13.2 Å². The number of amides is 1. The van der Waals surface area contributed by atoms with E-state index in [2.05, 4.69) is 10.2 Å². The van der Waals surface area contributed by atoms with Crippen molar-refractivity contribution in [3.8, 4) is 0 Å². The number of carbonyl (C=O) groups excluding carboxylic acids is 1. The van der Waals surface area contributed by atoms with Crippen molar-refractivity contribution >= 4 is 33.0 Å². The Morgan fingerprint density at radius 2 is 1.72 bits per heavy atom. The van der Waals surface area contributed by atoms with Gasteiger partial charge in [-0.15, -0.1) is 0 Å². The van der Waals surface area contributed by atoms with Gasteiger partial charge in [0.15, 0.2) is 9.84 Å². The zero-order valence-corrected chi connectivity index (χ0v) is 20.1. The van der Waals surface area contributed by atoms with E-state index < -0.39 is 15.9 Å². The Kier molecular flexibility index (Phi) is 8.16. The molecule has 1 amide bonds. The Bertz CT molecular complexity index is 1020. The largest absolute Gasteiger partial charge is 0.368 e. The number of para-hydroxylation sites is 1. The molecule has 3 rings (SSSR count). The van der Waals surface area contributed by atoms with E-state index in [0.29, 0.717) is 37.6 Å². The lowest BCUT2D eigenvalue weighted by atomic mass is 10.0. The Balaban J connectivity index is 1.59. The van der Waals surface area contributed by atoms with Crippen molar-refractivity contribution in [2.45, 2.75) is 25.4 Å². The van der Waals surface area contributed by atoms with Crippen molar-refractivity contribution in [3.63, 3.8) is 0 Å². The monoisotopic (exact) mass is 478 g/mol. The van der Waals surface area contributed by atoms with Crippen LogP contribution in [0.1, 0.15) is 24.1 Å². The number of rotatable bonds is 8. The van der Waals surface area contributed by atoms with Gasteiger partial charge in [0.2, 0.25) is 5.91 Å². The van der Waals surface area contributed by atoms with Gasteiger partial charge in [0.05, 0.1) is 11.9 Å². The third-order valence-corrected chi connectivity index (χ3v) is 6.62. The zero-order chi connectivity index (χ0) is 23.3. The van der Waals surface area contributed by atoms with Gasteiger partial charge in [-0.05, 0) is 42.7 Å². The summed E-state index contributed by atoms with van der Waals surface area (Å²) in [6, 6.07) is 14.7. The molecule has 0 bridgehead atoms. The second-order valence-electron chi connectivity index (χ2n) is 8.30. The van der Waals surface area contributed by atoms with Crippen molar-refractivity contribution in [1.29, 1.82) is 0 Å². The summed E-state index contributed by atoms with van der Waals surface area (Å²) in [7, 11) is -3.10. The SMILES string of the molecule is CC(NCS(C)(=O)=O)c1ccccc1N1CCN(C(=O)C(N)Cc2ccc(Cl)cc2)CC1. The lowest BCUT2D eigenvalue weighted by Gasteiger charge is -2.38. The van der Waals surface area contributed by atoms with Crippen LogP contribution in [0.3, 0.4) is 0 Å². The van der Waals surface area contributed by atoms with Crippen molar-refractivity contribution < 1.29 is 13.2 Å². The van der Waals surface area contributed by atoms with Gasteiger partial charge in [0.1, 0.15) is 0 Å². The molecule has 2 aromatic carbocycles. The van der Waals surface area contributed by atoms with Crippen LogP contribution in [-0.2, 0) is 21.1 Å². The molecule has 2 aromatic rings. The molecule has 3 N–H and O–H groups in total. The number of benzene rings is 2. The number of carbonyl (C=O) groups is 1. The smallest absolute Gasteiger partial charge is 0.239 e.